The highest BCUT2D eigenvalue weighted by molar-refractivity contribution is 7.04. The van der Waals surface area contributed by atoms with Crippen molar-refractivity contribution in [3.8, 4) is 0 Å². The van der Waals surface area contributed by atoms with Crippen molar-refractivity contribution in [3.63, 3.8) is 0 Å². The molecule has 2 aromatic carbocycles. The Hall–Kier alpha value is -0.909. The third-order valence-electron chi connectivity index (χ3n) is 5.70. The molecule has 2 aromatic rings. The van der Waals surface area contributed by atoms with Gasteiger partial charge in [0.2, 0.25) is 0 Å². The van der Waals surface area contributed by atoms with E-state index in [0.717, 1.165) is 0 Å². The zero-order chi connectivity index (χ0) is 18.8. The first-order valence-electron chi connectivity index (χ1n) is 9.53. The standard InChI is InChI=1S/C22H34Si3/c1-17(2)25(18(3)4,21-13-9-19(10-14-21)23(5)6)22-15-11-20(12-16-22)24(7)8/h9-18H,1-8H3. The average molecular weight is 383 g/mol. The fourth-order valence-electron chi connectivity index (χ4n) is 4.33. The topological polar surface area (TPSA) is 0 Å². The van der Waals surface area contributed by atoms with Crippen molar-refractivity contribution >= 4 is 46.4 Å². The van der Waals surface area contributed by atoms with Crippen molar-refractivity contribution in [1.29, 1.82) is 0 Å². The second-order valence-electron chi connectivity index (χ2n) is 8.33. The molecule has 0 aliphatic heterocycles. The van der Waals surface area contributed by atoms with Gasteiger partial charge in [0, 0.05) is 0 Å². The highest BCUT2D eigenvalue weighted by Crippen LogP contribution is 2.31. The number of benzene rings is 2. The minimum absolute atomic E-state index is 0.374. The number of rotatable bonds is 6. The van der Waals surface area contributed by atoms with Gasteiger partial charge in [-0.05, 0) is 11.1 Å². The molecule has 0 aromatic heterocycles. The Morgan fingerprint density at radius 3 is 1.04 bits per heavy atom. The maximum atomic E-state index is 2.46. The molecule has 0 saturated heterocycles. The van der Waals surface area contributed by atoms with Crippen molar-refractivity contribution in [3.05, 3.63) is 48.5 Å². The van der Waals surface area contributed by atoms with Crippen LogP contribution in [0.4, 0.5) is 0 Å². The lowest BCUT2D eigenvalue weighted by Gasteiger charge is -2.41. The molecule has 0 heterocycles. The Labute approximate surface area is 159 Å². The third-order valence-corrected chi connectivity index (χ3v) is 14.9. The van der Waals surface area contributed by atoms with Crippen molar-refractivity contribution in [1.82, 2.24) is 0 Å². The van der Waals surface area contributed by atoms with Gasteiger partial charge in [-0.2, -0.15) is 0 Å². The van der Waals surface area contributed by atoms with Crippen molar-refractivity contribution < 1.29 is 0 Å². The maximum absolute atomic E-state index is 2.46. The quantitative estimate of drug-likeness (QED) is 0.663. The Morgan fingerprint density at radius 1 is 0.560 bits per heavy atom. The summed E-state index contributed by atoms with van der Waals surface area (Å²) in [7, 11) is -2.54. The van der Waals surface area contributed by atoms with Crippen LogP contribution in [-0.4, -0.2) is 25.7 Å². The lowest BCUT2D eigenvalue weighted by Crippen LogP contribution is -2.63. The molecule has 0 bridgehead atoms. The van der Waals surface area contributed by atoms with E-state index in [-0.39, 0.29) is 17.6 Å². The van der Waals surface area contributed by atoms with E-state index in [4.69, 9.17) is 0 Å². The van der Waals surface area contributed by atoms with E-state index in [1.54, 1.807) is 20.7 Å². The molecule has 0 fully saturated rings. The van der Waals surface area contributed by atoms with Gasteiger partial charge < -0.3 is 0 Å². The lowest BCUT2D eigenvalue weighted by atomic mass is 10.3. The van der Waals surface area contributed by atoms with E-state index in [2.05, 4.69) is 102 Å². The molecule has 0 amide bonds. The Kier molecular flexibility index (Phi) is 6.68. The molecule has 0 nitrogen and oxygen atoms in total. The molecule has 2 rings (SSSR count). The second-order valence-corrected chi connectivity index (χ2v) is 18.7. The lowest BCUT2D eigenvalue weighted by molar-refractivity contribution is 0.928. The van der Waals surface area contributed by atoms with Gasteiger partial charge in [0.1, 0.15) is 8.07 Å². The van der Waals surface area contributed by atoms with Gasteiger partial charge in [-0.3, -0.25) is 0 Å². The number of hydrogen-bond acceptors (Lipinski definition) is 0. The smallest absolute Gasteiger partial charge is 0.0671 e. The van der Waals surface area contributed by atoms with Crippen LogP contribution in [0.25, 0.3) is 0 Å². The van der Waals surface area contributed by atoms with Gasteiger partial charge in [-0.15, -0.1) is 0 Å². The van der Waals surface area contributed by atoms with Crippen LogP contribution in [0.5, 0.6) is 0 Å². The van der Waals surface area contributed by atoms with E-state index < -0.39 is 8.07 Å². The molecule has 134 valence electrons. The monoisotopic (exact) mass is 382 g/mol. The molecular formula is C22H34Si3. The van der Waals surface area contributed by atoms with Crippen molar-refractivity contribution in [2.75, 3.05) is 0 Å². The van der Waals surface area contributed by atoms with Gasteiger partial charge in [-0.1, -0.05) is 123 Å². The molecule has 0 saturated carbocycles. The van der Waals surface area contributed by atoms with Crippen LogP contribution in [0, 0.1) is 0 Å². The first kappa shape index (κ1) is 20.4. The van der Waals surface area contributed by atoms with E-state index in [1.165, 1.54) is 0 Å². The minimum atomic E-state index is -1.80. The molecule has 0 unspecified atom stereocenters. The number of hydrogen-bond donors (Lipinski definition) is 0. The molecule has 3 heteroatoms. The van der Waals surface area contributed by atoms with Gasteiger partial charge in [0.25, 0.3) is 0 Å². The SMILES string of the molecule is CC(C)[Si](c1ccc([Si](C)C)cc1)(c1ccc([Si](C)C)cc1)C(C)C. The summed E-state index contributed by atoms with van der Waals surface area (Å²) < 4.78 is 0. The summed E-state index contributed by atoms with van der Waals surface area (Å²) in [4.78, 5) is 0. The van der Waals surface area contributed by atoms with Crippen LogP contribution in [0.3, 0.4) is 0 Å². The summed E-state index contributed by atoms with van der Waals surface area (Å²) in [5.41, 5.74) is 1.37. The Balaban J connectivity index is 2.61. The molecule has 0 aliphatic carbocycles. The van der Waals surface area contributed by atoms with Crippen LogP contribution in [0.1, 0.15) is 27.7 Å². The molecule has 0 atom stereocenters. The zero-order valence-electron chi connectivity index (χ0n) is 17.3. The summed E-state index contributed by atoms with van der Waals surface area (Å²) >= 11 is 0. The molecular weight excluding hydrogens is 349 g/mol. The van der Waals surface area contributed by atoms with Crippen LogP contribution in [-0.2, 0) is 0 Å². The van der Waals surface area contributed by atoms with Gasteiger partial charge in [-0.25, -0.2) is 0 Å². The summed E-state index contributed by atoms with van der Waals surface area (Å²) in [6, 6.07) is 19.5. The highest BCUT2D eigenvalue weighted by atomic mass is 28.3. The van der Waals surface area contributed by atoms with Crippen LogP contribution in [0.15, 0.2) is 48.5 Å². The predicted molar refractivity (Wildman–Crippen MR) is 122 cm³/mol. The first-order chi connectivity index (χ1) is 11.7. The van der Waals surface area contributed by atoms with E-state index in [1.807, 2.05) is 0 Å². The normalized spacial score (nSPS) is 12.6. The summed E-state index contributed by atoms with van der Waals surface area (Å²) in [6.45, 7) is 19.3. The zero-order valence-corrected chi connectivity index (χ0v) is 20.3. The summed E-state index contributed by atoms with van der Waals surface area (Å²) in [5.74, 6) is 0. The molecule has 2 radical (unpaired) electrons. The highest BCUT2D eigenvalue weighted by Gasteiger charge is 2.43. The Morgan fingerprint density at radius 2 is 0.840 bits per heavy atom. The largest absolute Gasteiger partial charge is 0.123 e. The Bertz CT molecular complexity index is 606. The summed E-state index contributed by atoms with van der Waals surface area (Å²) in [5, 5.41) is 6.30. The van der Waals surface area contributed by atoms with E-state index in [0.29, 0.717) is 11.1 Å². The first-order valence-corrected chi connectivity index (χ1v) is 16.7. The van der Waals surface area contributed by atoms with Gasteiger partial charge >= 0.3 is 0 Å². The predicted octanol–water partition coefficient (Wildman–Crippen LogP) is 3.99. The third kappa shape index (κ3) is 3.93. The average Bonchev–Trinajstić information content (AvgIpc) is 2.55. The molecule has 0 aliphatic rings. The van der Waals surface area contributed by atoms with Gasteiger partial charge in [0.15, 0.2) is 0 Å². The van der Waals surface area contributed by atoms with E-state index in [9.17, 15) is 0 Å². The van der Waals surface area contributed by atoms with E-state index >= 15 is 0 Å². The van der Waals surface area contributed by atoms with Crippen molar-refractivity contribution in [2.24, 2.45) is 0 Å². The molecule has 25 heavy (non-hydrogen) atoms. The minimum Gasteiger partial charge on any atom is -0.0671 e. The van der Waals surface area contributed by atoms with Crippen LogP contribution < -0.4 is 20.7 Å². The molecule has 0 N–H and O–H groups in total. The maximum Gasteiger partial charge on any atom is 0.123 e. The van der Waals surface area contributed by atoms with Gasteiger partial charge in [0.05, 0.1) is 17.6 Å². The summed E-state index contributed by atoms with van der Waals surface area (Å²) in [6.07, 6.45) is 0. The van der Waals surface area contributed by atoms with Crippen LogP contribution >= 0.6 is 0 Å². The second kappa shape index (κ2) is 8.19. The molecule has 0 spiro atoms. The fraction of sp³-hybridized carbons (Fsp3) is 0.455. The fourth-order valence-corrected chi connectivity index (χ4v) is 11.8. The van der Waals surface area contributed by atoms with Crippen molar-refractivity contribution in [2.45, 2.75) is 65.0 Å². The van der Waals surface area contributed by atoms with Crippen LogP contribution in [0.2, 0.25) is 37.3 Å².